The van der Waals surface area contributed by atoms with Crippen molar-refractivity contribution in [2.75, 3.05) is 20.1 Å². The van der Waals surface area contributed by atoms with Crippen molar-refractivity contribution < 1.29 is 14.6 Å². The number of hydrogen-bond donors (Lipinski definition) is 1. The van der Waals surface area contributed by atoms with Crippen molar-refractivity contribution in [2.24, 2.45) is 0 Å². The van der Waals surface area contributed by atoms with Crippen LogP contribution in [-0.4, -0.2) is 52.0 Å². The highest BCUT2D eigenvalue weighted by atomic mass is 16.5. The molecule has 1 aromatic heterocycles. The maximum absolute atomic E-state index is 11.6. The van der Waals surface area contributed by atoms with Gasteiger partial charge in [0.25, 0.3) is 0 Å². The quantitative estimate of drug-likeness (QED) is 0.921. The van der Waals surface area contributed by atoms with Crippen molar-refractivity contribution in [2.45, 2.75) is 50.7 Å². The van der Waals surface area contributed by atoms with Gasteiger partial charge in [-0.1, -0.05) is 0 Å². The Morgan fingerprint density at radius 1 is 1.29 bits per heavy atom. The van der Waals surface area contributed by atoms with Gasteiger partial charge >= 0.3 is 5.97 Å². The zero-order valence-electron chi connectivity index (χ0n) is 12.5. The molecule has 3 rings (SSSR count). The molecule has 1 N–H and O–H groups in total. The van der Waals surface area contributed by atoms with Crippen LogP contribution in [-0.2, 0) is 0 Å². The Morgan fingerprint density at radius 2 is 1.95 bits per heavy atom. The number of carboxylic acid groups (broad SMARTS) is 1. The number of carboxylic acids is 1. The first-order valence-corrected chi connectivity index (χ1v) is 7.81. The summed E-state index contributed by atoms with van der Waals surface area (Å²) in [7, 11) is 2.09. The van der Waals surface area contributed by atoms with Crippen LogP contribution in [0.4, 0.5) is 0 Å². The van der Waals surface area contributed by atoms with Gasteiger partial charge in [-0.3, -0.25) is 4.68 Å². The Balaban J connectivity index is 1.80. The van der Waals surface area contributed by atoms with Crippen LogP contribution >= 0.6 is 0 Å². The highest BCUT2D eigenvalue weighted by Gasteiger charge is 2.28. The zero-order valence-corrected chi connectivity index (χ0v) is 12.5. The fourth-order valence-corrected chi connectivity index (χ4v) is 3.34. The van der Waals surface area contributed by atoms with E-state index in [0.29, 0.717) is 5.75 Å². The van der Waals surface area contributed by atoms with Crippen LogP contribution < -0.4 is 4.74 Å². The SMILES string of the molecule is CN1CCC(n2ncc(OC3CCCC3)c2C(=O)O)CC1. The zero-order chi connectivity index (χ0) is 14.8. The van der Waals surface area contributed by atoms with Crippen molar-refractivity contribution in [3.05, 3.63) is 11.9 Å². The van der Waals surface area contributed by atoms with E-state index >= 15 is 0 Å². The van der Waals surface area contributed by atoms with Gasteiger partial charge in [-0.05, 0) is 58.7 Å². The first kappa shape index (κ1) is 14.4. The highest BCUT2D eigenvalue weighted by Crippen LogP contribution is 2.30. The second-order valence-electron chi connectivity index (χ2n) is 6.17. The van der Waals surface area contributed by atoms with Gasteiger partial charge in [0.05, 0.1) is 18.3 Å². The van der Waals surface area contributed by atoms with E-state index in [4.69, 9.17) is 4.74 Å². The monoisotopic (exact) mass is 293 g/mol. The summed E-state index contributed by atoms with van der Waals surface area (Å²) in [6.45, 7) is 1.95. The molecule has 1 saturated heterocycles. The Hall–Kier alpha value is -1.56. The summed E-state index contributed by atoms with van der Waals surface area (Å²) in [5.74, 6) is -0.507. The molecule has 1 saturated carbocycles. The lowest BCUT2D eigenvalue weighted by Crippen LogP contribution is -2.33. The Morgan fingerprint density at radius 3 is 2.57 bits per heavy atom. The molecule has 0 radical (unpaired) electrons. The molecule has 0 spiro atoms. The second kappa shape index (κ2) is 6.05. The van der Waals surface area contributed by atoms with E-state index in [-0.39, 0.29) is 17.8 Å². The van der Waals surface area contributed by atoms with Crippen LogP contribution in [0, 0.1) is 0 Å². The Bertz CT molecular complexity index is 500. The molecular weight excluding hydrogens is 270 g/mol. The lowest BCUT2D eigenvalue weighted by atomic mass is 10.1. The topological polar surface area (TPSA) is 67.6 Å². The summed E-state index contributed by atoms with van der Waals surface area (Å²) in [5.41, 5.74) is 0.219. The first-order chi connectivity index (χ1) is 10.1. The third-order valence-electron chi connectivity index (χ3n) is 4.59. The van der Waals surface area contributed by atoms with Crippen molar-refractivity contribution in [1.29, 1.82) is 0 Å². The molecule has 2 fully saturated rings. The third kappa shape index (κ3) is 3.05. The maximum Gasteiger partial charge on any atom is 0.358 e. The fraction of sp³-hybridized carbons (Fsp3) is 0.733. The predicted octanol–water partition coefficient (Wildman–Crippen LogP) is 2.17. The molecule has 0 aromatic carbocycles. The number of carbonyl (C=O) groups is 1. The number of hydrogen-bond acceptors (Lipinski definition) is 4. The summed E-state index contributed by atoms with van der Waals surface area (Å²) < 4.78 is 7.55. The molecule has 2 aliphatic rings. The van der Waals surface area contributed by atoms with E-state index < -0.39 is 5.97 Å². The number of rotatable bonds is 4. The highest BCUT2D eigenvalue weighted by molar-refractivity contribution is 5.88. The summed E-state index contributed by atoms with van der Waals surface area (Å²) in [6, 6.07) is 0.160. The smallest absolute Gasteiger partial charge is 0.358 e. The van der Waals surface area contributed by atoms with Gasteiger partial charge in [0.15, 0.2) is 11.4 Å². The molecule has 6 heteroatoms. The number of aromatic carboxylic acids is 1. The minimum Gasteiger partial charge on any atom is -0.486 e. The van der Waals surface area contributed by atoms with Crippen LogP contribution in [0.5, 0.6) is 5.75 Å². The van der Waals surface area contributed by atoms with Gasteiger partial charge in [0.2, 0.25) is 0 Å². The van der Waals surface area contributed by atoms with Gasteiger partial charge < -0.3 is 14.7 Å². The van der Waals surface area contributed by atoms with Crippen LogP contribution in [0.2, 0.25) is 0 Å². The lowest BCUT2D eigenvalue weighted by Gasteiger charge is -2.29. The number of likely N-dealkylation sites (tertiary alicyclic amines) is 1. The molecule has 0 amide bonds. The van der Waals surface area contributed by atoms with E-state index in [1.807, 2.05) is 0 Å². The molecule has 1 aliphatic carbocycles. The van der Waals surface area contributed by atoms with Gasteiger partial charge in [0.1, 0.15) is 0 Å². The Kier molecular flexibility index (Phi) is 4.14. The average molecular weight is 293 g/mol. The molecule has 0 bridgehead atoms. The van der Waals surface area contributed by atoms with E-state index in [1.54, 1.807) is 10.9 Å². The van der Waals surface area contributed by atoms with E-state index in [9.17, 15) is 9.90 Å². The van der Waals surface area contributed by atoms with Crippen LogP contribution in [0.1, 0.15) is 55.1 Å². The largest absolute Gasteiger partial charge is 0.486 e. The summed E-state index contributed by atoms with van der Waals surface area (Å²) in [4.78, 5) is 13.9. The minimum atomic E-state index is -0.945. The Labute approximate surface area is 124 Å². The molecular formula is C15H23N3O3. The van der Waals surface area contributed by atoms with E-state index in [1.165, 1.54) is 0 Å². The minimum absolute atomic E-state index is 0.151. The van der Waals surface area contributed by atoms with Gasteiger partial charge in [0, 0.05) is 0 Å². The summed E-state index contributed by atoms with van der Waals surface area (Å²) in [6.07, 6.45) is 7.95. The van der Waals surface area contributed by atoms with Gasteiger partial charge in [-0.2, -0.15) is 5.10 Å². The number of piperidine rings is 1. The fourth-order valence-electron chi connectivity index (χ4n) is 3.34. The van der Waals surface area contributed by atoms with E-state index in [2.05, 4.69) is 17.0 Å². The predicted molar refractivity (Wildman–Crippen MR) is 77.8 cm³/mol. The van der Waals surface area contributed by atoms with Gasteiger partial charge in [-0.15, -0.1) is 0 Å². The number of aromatic nitrogens is 2. The summed E-state index contributed by atoms with van der Waals surface area (Å²) >= 11 is 0. The molecule has 6 nitrogen and oxygen atoms in total. The normalized spacial score (nSPS) is 21.8. The number of nitrogens with zero attached hydrogens (tertiary/aromatic N) is 3. The third-order valence-corrected chi connectivity index (χ3v) is 4.59. The van der Waals surface area contributed by atoms with Crippen molar-refractivity contribution in [3.63, 3.8) is 0 Å². The standard InChI is InChI=1S/C15H23N3O3/c1-17-8-6-11(7-9-17)18-14(15(19)20)13(10-16-18)21-12-4-2-3-5-12/h10-12H,2-9H2,1H3,(H,19,20). The summed E-state index contributed by atoms with van der Waals surface area (Å²) in [5, 5.41) is 13.9. The van der Waals surface area contributed by atoms with Crippen molar-refractivity contribution >= 4 is 5.97 Å². The molecule has 1 aromatic rings. The average Bonchev–Trinajstić information content (AvgIpc) is 3.09. The second-order valence-corrected chi connectivity index (χ2v) is 6.17. The van der Waals surface area contributed by atoms with Crippen molar-refractivity contribution in [1.82, 2.24) is 14.7 Å². The molecule has 116 valence electrons. The van der Waals surface area contributed by atoms with E-state index in [0.717, 1.165) is 51.6 Å². The maximum atomic E-state index is 11.6. The molecule has 2 heterocycles. The van der Waals surface area contributed by atoms with Crippen LogP contribution in [0.25, 0.3) is 0 Å². The first-order valence-electron chi connectivity index (χ1n) is 7.81. The van der Waals surface area contributed by atoms with Crippen LogP contribution in [0.15, 0.2) is 6.20 Å². The van der Waals surface area contributed by atoms with Crippen molar-refractivity contribution in [3.8, 4) is 5.75 Å². The molecule has 0 atom stereocenters. The lowest BCUT2D eigenvalue weighted by molar-refractivity contribution is 0.0667. The van der Waals surface area contributed by atoms with Gasteiger partial charge in [-0.25, -0.2) is 4.79 Å². The number of ether oxygens (including phenoxy) is 1. The van der Waals surface area contributed by atoms with Crippen LogP contribution in [0.3, 0.4) is 0 Å². The molecule has 1 aliphatic heterocycles. The molecule has 0 unspecified atom stereocenters. The molecule has 21 heavy (non-hydrogen) atoms.